The summed E-state index contributed by atoms with van der Waals surface area (Å²) in [6, 6.07) is 9.59. The van der Waals surface area contributed by atoms with Gasteiger partial charge in [0.25, 0.3) is 0 Å². The summed E-state index contributed by atoms with van der Waals surface area (Å²) in [6.07, 6.45) is -7.46. The molecule has 0 saturated carbocycles. The zero-order valence-electron chi connectivity index (χ0n) is 20.3. The minimum Gasteiger partial charge on any atom is -0.490 e. The summed E-state index contributed by atoms with van der Waals surface area (Å²) in [7, 11) is 0. The summed E-state index contributed by atoms with van der Waals surface area (Å²) in [5, 5.41) is 7.48. The first kappa shape index (κ1) is 26.7. The summed E-state index contributed by atoms with van der Waals surface area (Å²) >= 11 is 6.31. The molecule has 0 spiro atoms. The van der Waals surface area contributed by atoms with Gasteiger partial charge in [0, 0.05) is 16.1 Å². The number of nitrogens with zero attached hydrogens (tertiary/aromatic N) is 3. The summed E-state index contributed by atoms with van der Waals surface area (Å²) in [6.45, 7) is 5.99. The number of esters is 1. The number of carbonyl (C=O) groups is 1. The van der Waals surface area contributed by atoms with Crippen LogP contribution in [-0.2, 0) is 20.4 Å². The predicted octanol–water partition coefficient (Wildman–Crippen LogP) is 5.85. The van der Waals surface area contributed by atoms with Crippen LogP contribution in [0.4, 0.5) is 13.2 Å². The fourth-order valence-corrected chi connectivity index (χ4v) is 4.40. The molecule has 0 radical (unpaired) electrons. The van der Waals surface area contributed by atoms with E-state index >= 15 is 0 Å². The Kier molecular flexibility index (Phi) is 7.93. The van der Waals surface area contributed by atoms with E-state index in [0.29, 0.717) is 35.8 Å². The van der Waals surface area contributed by atoms with Gasteiger partial charge in [-0.3, -0.25) is 9.36 Å². The van der Waals surface area contributed by atoms with Gasteiger partial charge < -0.3 is 18.9 Å². The second-order valence-corrected chi connectivity index (χ2v) is 8.41. The van der Waals surface area contributed by atoms with Crippen molar-refractivity contribution < 1.29 is 36.9 Å². The van der Waals surface area contributed by atoms with Gasteiger partial charge in [-0.05, 0) is 45.0 Å². The van der Waals surface area contributed by atoms with Gasteiger partial charge in [0.05, 0.1) is 31.9 Å². The molecular formula is C25H25ClF3N3O5. The minimum absolute atomic E-state index is 0.0934. The lowest BCUT2D eigenvalue weighted by Gasteiger charge is -2.25. The molecule has 37 heavy (non-hydrogen) atoms. The van der Waals surface area contributed by atoms with E-state index in [1.54, 1.807) is 32.0 Å². The van der Waals surface area contributed by atoms with Crippen molar-refractivity contribution in [1.82, 2.24) is 14.8 Å². The molecule has 0 unspecified atom stereocenters. The van der Waals surface area contributed by atoms with Gasteiger partial charge in [-0.15, -0.1) is 10.2 Å². The minimum atomic E-state index is -4.83. The lowest BCUT2D eigenvalue weighted by atomic mass is 9.98. The van der Waals surface area contributed by atoms with E-state index < -0.39 is 36.6 Å². The van der Waals surface area contributed by atoms with E-state index in [4.69, 9.17) is 30.5 Å². The second-order valence-electron chi connectivity index (χ2n) is 7.97. The number of hydrogen-bond acceptors (Lipinski definition) is 7. The van der Waals surface area contributed by atoms with Crippen LogP contribution in [-0.4, -0.2) is 40.6 Å². The van der Waals surface area contributed by atoms with Gasteiger partial charge in [-0.25, -0.2) is 0 Å². The normalized spacial score (nSPS) is 16.9. The van der Waals surface area contributed by atoms with Crippen LogP contribution in [0.25, 0.3) is 5.69 Å². The number of para-hydroxylation sites is 1. The number of carbonyl (C=O) groups excluding carboxylic acids is 1. The SMILES string of the molecule is CCOC(=O)C[C@H]1O[C@H](c2cccc(OCC)c2OCC)c2cc(Cl)ccc2-n2c1nnc2C(F)(F)F. The van der Waals surface area contributed by atoms with Crippen LogP contribution in [0, 0.1) is 0 Å². The van der Waals surface area contributed by atoms with Crippen LogP contribution in [0.15, 0.2) is 36.4 Å². The fourth-order valence-electron chi connectivity index (χ4n) is 4.22. The average molecular weight is 540 g/mol. The third-order valence-electron chi connectivity index (χ3n) is 5.58. The molecule has 198 valence electrons. The van der Waals surface area contributed by atoms with Gasteiger partial charge in [0.1, 0.15) is 12.2 Å². The van der Waals surface area contributed by atoms with Crippen molar-refractivity contribution >= 4 is 17.6 Å². The van der Waals surface area contributed by atoms with Gasteiger partial charge in [-0.2, -0.15) is 13.2 Å². The highest BCUT2D eigenvalue weighted by Gasteiger charge is 2.44. The fraction of sp³-hybridized carbons (Fsp3) is 0.400. The molecule has 0 amide bonds. The first-order valence-corrected chi connectivity index (χ1v) is 12.1. The van der Waals surface area contributed by atoms with E-state index in [2.05, 4.69) is 10.2 Å². The zero-order chi connectivity index (χ0) is 26.7. The number of benzene rings is 2. The molecule has 3 aromatic rings. The van der Waals surface area contributed by atoms with E-state index in [1.807, 2.05) is 6.92 Å². The summed E-state index contributed by atoms with van der Waals surface area (Å²) in [4.78, 5) is 12.5. The molecule has 1 aromatic heterocycles. The molecule has 1 aliphatic heterocycles. The molecule has 0 N–H and O–H groups in total. The Hall–Kier alpha value is -3.31. The number of fused-ring (bicyclic) bond motifs is 3. The van der Waals surface area contributed by atoms with E-state index in [0.717, 1.165) is 4.57 Å². The van der Waals surface area contributed by atoms with Gasteiger partial charge in [-0.1, -0.05) is 23.7 Å². The standard InChI is InChI=1S/C25H25ClF3N3O5/c1-4-34-18-9-7-8-15(22(18)36-6-3)21-16-12-14(26)10-11-17(16)32-23(30-31-24(32)25(27,28)29)19(37-21)13-20(33)35-5-2/h7-12,19,21H,4-6,13H2,1-3H3/t19-,21-/m1/s1. The molecule has 2 atom stereocenters. The topological polar surface area (TPSA) is 84.7 Å². The van der Waals surface area contributed by atoms with E-state index in [-0.39, 0.29) is 23.1 Å². The number of halogens is 4. The first-order valence-electron chi connectivity index (χ1n) is 11.7. The highest BCUT2D eigenvalue weighted by Crippen LogP contribution is 2.47. The molecule has 0 bridgehead atoms. The van der Waals surface area contributed by atoms with Crippen LogP contribution < -0.4 is 9.47 Å². The Morgan fingerprint density at radius 1 is 1.05 bits per heavy atom. The van der Waals surface area contributed by atoms with Crippen LogP contribution >= 0.6 is 11.6 Å². The lowest BCUT2D eigenvalue weighted by Crippen LogP contribution is -2.18. The summed E-state index contributed by atoms with van der Waals surface area (Å²) in [5.41, 5.74) is 0.898. The number of rotatable bonds is 8. The second kappa shape index (κ2) is 11.0. The largest absolute Gasteiger partial charge is 0.490 e. The maximum atomic E-state index is 14.0. The van der Waals surface area contributed by atoms with Gasteiger partial charge >= 0.3 is 12.1 Å². The number of alkyl halides is 3. The highest BCUT2D eigenvalue weighted by atomic mass is 35.5. The van der Waals surface area contributed by atoms with Crippen molar-refractivity contribution in [2.75, 3.05) is 19.8 Å². The Balaban J connectivity index is 1.99. The molecule has 1 aliphatic rings. The molecule has 2 aromatic carbocycles. The maximum absolute atomic E-state index is 14.0. The number of ether oxygens (including phenoxy) is 4. The predicted molar refractivity (Wildman–Crippen MR) is 127 cm³/mol. The lowest BCUT2D eigenvalue weighted by molar-refractivity contribution is -0.147. The first-order chi connectivity index (χ1) is 17.7. The molecule has 0 fully saturated rings. The number of hydrogen-bond donors (Lipinski definition) is 0. The molecule has 0 saturated heterocycles. The Morgan fingerprint density at radius 3 is 2.49 bits per heavy atom. The Bertz CT molecular complexity index is 1280. The van der Waals surface area contributed by atoms with Crippen molar-refractivity contribution in [3.05, 3.63) is 64.2 Å². The molecule has 2 heterocycles. The van der Waals surface area contributed by atoms with Gasteiger partial charge in [0.2, 0.25) is 5.82 Å². The quantitative estimate of drug-likeness (QED) is 0.332. The van der Waals surface area contributed by atoms with Gasteiger partial charge in [0.15, 0.2) is 17.3 Å². The molecule has 8 nitrogen and oxygen atoms in total. The van der Waals surface area contributed by atoms with E-state index in [1.165, 1.54) is 18.2 Å². The average Bonchev–Trinajstić information content (AvgIpc) is 3.24. The Labute approximate surface area is 216 Å². The van der Waals surface area contributed by atoms with Crippen LogP contribution in [0.5, 0.6) is 11.5 Å². The summed E-state index contributed by atoms with van der Waals surface area (Å²) in [5.74, 6) is -1.30. The third-order valence-corrected chi connectivity index (χ3v) is 5.82. The van der Waals surface area contributed by atoms with Crippen molar-refractivity contribution in [2.45, 2.75) is 45.6 Å². The van der Waals surface area contributed by atoms with Crippen molar-refractivity contribution in [3.8, 4) is 17.2 Å². The van der Waals surface area contributed by atoms with Crippen molar-refractivity contribution in [1.29, 1.82) is 0 Å². The third kappa shape index (κ3) is 5.37. The molecule has 4 rings (SSSR count). The smallest absolute Gasteiger partial charge is 0.452 e. The maximum Gasteiger partial charge on any atom is 0.452 e. The van der Waals surface area contributed by atoms with Crippen LogP contribution in [0.1, 0.15) is 62.2 Å². The Morgan fingerprint density at radius 2 is 1.81 bits per heavy atom. The van der Waals surface area contributed by atoms with Crippen LogP contribution in [0.3, 0.4) is 0 Å². The molecule has 0 aliphatic carbocycles. The van der Waals surface area contributed by atoms with Crippen molar-refractivity contribution in [2.24, 2.45) is 0 Å². The highest BCUT2D eigenvalue weighted by molar-refractivity contribution is 6.30. The zero-order valence-corrected chi connectivity index (χ0v) is 21.1. The van der Waals surface area contributed by atoms with Crippen LogP contribution in [0.2, 0.25) is 5.02 Å². The summed E-state index contributed by atoms with van der Waals surface area (Å²) < 4.78 is 66.0. The van der Waals surface area contributed by atoms with Crippen molar-refractivity contribution in [3.63, 3.8) is 0 Å². The molecule has 12 heteroatoms. The number of aromatic nitrogens is 3. The monoisotopic (exact) mass is 539 g/mol. The van der Waals surface area contributed by atoms with E-state index in [9.17, 15) is 18.0 Å². The molecular weight excluding hydrogens is 515 g/mol.